The van der Waals surface area contributed by atoms with Crippen LogP contribution in [0.1, 0.15) is 18.4 Å². The lowest BCUT2D eigenvalue weighted by molar-refractivity contribution is -0.145. The van der Waals surface area contributed by atoms with Crippen LogP contribution >= 0.6 is 0 Å². The van der Waals surface area contributed by atoms with Crippen LogP contribution in [0.25, 0.3) is 0 Å². The van der Waals surface area contributed by atoms with E-state index in [1.54, 1.807) is 15.8 Å². The molecule has 1 aliphatic rings. The van der Waals surface area contributed by atoms with Crippen molar-refractivity contribution < 1.29 is 19.4 Å². The van der Waals surface area contributed by atoms with Gasteiger partial charge in [-0.2, -0.15) is 5.10 Å². The molecule has 0 bridgehead atoms. The molecule has 0 aliphatic carbocycles. The molecule has 2 heterocycles. The van der Waals surface area contributed by atoms with Crippen LogP contribution in [0, 0.1) is 0 Å². The lowest BCUT2D eigenvalue weighted by atomic mass is 10.1. The molecule has 0 radical (unpaired) electrons. The van der Waals surface area contributed by atoms with Crippen LogP contribution in [0.3, 0.4) is 0 Å². The summed E-state index contributed by atoms with van der Waals surface area (Å²) in [6.07, 6.45) is 4.81. The first-order valence-electron chi connectivity index (χ1n) is 6.88. The number of carboxylic acids is 1. The number of urea groups is 1. The molecular formula is C13H20N4O4. The first-order valence-corrected chi connectivity index (χ1v) is 6.88. The highest BCUT2D eigenvalue weighted by atomic mass is 16.5. The zero-order valence-corrected chi connectivity index (χ0v) is 12.0. The van der Waals surface area contributed by atoms with Gasteiger partial charge >= 0.3 is 12.0 Å². The Kier molecular flexibility index (Phi) is 5.15. The van der Waals surface area contributed by atoms with Crippen LogP contribution in [-0.2, 0) is 23.1 Å². The highest BCUT2D eigenvalue weighted by molar-refractivity contribution is 5.74. The molecule has 1 aliphatic heterocycles. The summed E-state index contributed by atoms with van der Waals surface area (Å²) in [6.45, 7) is 1.31. The smallest absolute Gasteiger partial charge is 0.329 e. The summed E-state index contributed by atoms with van der Waals surface area (Å²) in [4.78, 5) is 24.2. The number of likely N-dealkylation sites (tertiary alicyclic amines) is 1. The van der Waals surface area contributed by atoms with Crippen LogP contribution in [-0.4, -0.2) is 57.6 Å². The number of carbonyl (C=O) groups is 2. The summed E-state index contributed by atoms with van der Waals surface area (Å²) < 4.78 is 6.92. The molecule has 0 unspecified atom stereocenters. The van der Waals surface area contributed by atoms with Gasteiger partial charge < -0.3 is 20.1 Å². The minimum Gasteiger partial charge on any atom is -0.480 e. The average Bonchev–Trinajstić information content (AvgIpc) is 2.89. The van der Waals surface area contributed by atoms with Gasteiger partial charge in [0, 0.05) is 38.4 Å². The summed E-state index contributed by atoms with van der Waals surface area (Å²) in [5.41, 5.74) is 0.950. The van der Waals surface area contributed by atoms with Crippen LogP contribution in [0.2, 0.25) is 0 Å². The second-order valence-electron chi connectivity index (χ2n) is 5.07. The molecule has 8 nitrogen and oxygen atoms in total. The van der Waals surface area contributed by atoms with Crippen LogP contribution in [0.4, 0.5) is 4.79 Å². The summed E-state index contributed by atoms with van der Waals surface area (Å²) in [7, 11) is 1.83. The van der Waals surface area contributed by atoms with Gasteiger partial charge in [-0.05, 0) is 12.8 Å². The van der Waals surface area contributed by atoms with E-state index in [4.69, 9.17) is 9.84 Å². The number of carbonyl (C=O) groups excluding carboxylic acids is 1. The van der Waals surface area contributed by atoms with E-state index in [9.17, 15) is 9.59 Å². The van der Waals surface area contributed by atoms with Gasteiger partial charge in [0.2, 0.25) is 0 Å². The fraction of sp³-hybridized carbons (Fsp3) is 0.615. The Morgan fingerprint density at radius 1 is 1.48 bits per heavy atom. The Bertz CT molecular complexity index is 494. The maximum absolute atomic E-state index is 12.0. The number of aryl methyl sites for hydroxylation is 1. The van der Waals surface area contributed by atoms with E-state index in [1.807, 2.05) is 13.2 Å². The number of ether oxygens (including phenoxy) is 1. The van der Waals surface area contributed by atoms with E-state index >= 15 is 0 Å². The molecule has 21 heavy (non-hydrogen) atoms. The van der Waals surface area contributed by atoms with Crippen molar-refractivity contribution in [3.05, 3.63) is 18.0 Å². The van der Waals surface area contributed by atoms with Crippen molar-refractivity contribution in [3.8, 4) is 0 Å². The highest BCUT2D eigenvalue weighted by Crippen LogP contribution is 2.13. The van der Waals surface area contributed by atoms with Crippen LogP contribution in [0.15, 0.2) is 12.4 Å². The normalized spacial score (nSPS) is 16.0. The first kappa shape index (κ1) is 15.3. The Balaban J connectivity index is 1.69. The average molecular weight is 296 g/mol. The van der Waals surface area contributed by atoms with Crippen molar-refractivity contribution in [2.24, 2.45) is 7.05 Å². The molecule has 8 heteroatoms. The maximum atomic E-state index is 12.0. The fourth-order valence-electron chi connectivity index (χ4n) is 2.27. The molecule has 1 saturated heterocycles. The number of hydrogen-bond acceptors (Lipinski definition) is 4. The minimum atomic E-state index is -0.966. The van der Waals surface area contributed by atoms with E-state index in [-0.39, 0.29) is 18.7 Å². The Labute approximate surface area is 122 Å². The van der Waals surface area contributed by atoms with Crippen molar-refractivity contribution in [1.29, 1.82) is 0 Å². The molecule has 0 aromatic carbocycles. The standard InChI is InChI=1S/C13H20N4O4/c1-16-8-10(7-15-16)6-14-13(20)17-4-2-11(3-5-17)21-9-12(18)19/h7-8,11H,2-6,9H2,1H3,(H,14,20)(H,18,19). The van der Waals surface area contributed by atoms with E-state index in [1.165, 1.54) is 0 Å². The van der Waals surface area contributed by atoms with Gasteiger partial charge in [-0.3, -0.25) is 4.68 Å². The Hall–Kier alpha value is -2.09. The third-order valence-electron chi connectivity index (χ3n) is 3.37. The molecule has 2 N–H and O–H groups in total. The topological polar surface area (TPSA) is 96.7 Å². The van der Waals surface area contributed by atoms with Crippen LogP contribution < -0.4 is 5.32 Å². The quantitative estimate of drug-likeness (QED) is 0.809. The number of nitrogens with zero attached hydrogens (tertiary/aromatic N) is 3. The Morgan fingerprint density at radius 2 is 2.19 bits per heavy atom. The van der Waals surface area contributed by atoms with Gasteiger partial charge in [-0.25, -0.2) is 9.59 Å². The van der Waals surface area contributed by atoms with Gasteiger partial charge in [0.1, 0.15) is 6.61 Å². The number of nitrogens with one attached hydrogen (secondary N) is 1. The molecule has 0 spiro atoms. The molecule has 0 atom stereocenters. The summed E-state index contributed by atoms with van der Waals surface area (Å²) in [6, 6.07) is -0.115. The fourth-order valence-corrected chi connectivity index (χ4v) is 2.27. The van der Waals surface area contributed by atoms with E-state index in [0.29, 0.717) is 32.5 Å². The van der Waals surface area contributed by atoms with Gasteiger partial charge in [-0.1, -0.05) is 0 Å². The van der Waals surface area contributed by atoms with Crippen LogP contribution in [0.5, 0.6) is 0 Å². The molecule has 0 saturated carbocycles. The largest absolute Gasteiger partial charge is 0.480 e. The predicted octanol–water partition coefficient (Wildman–Crippen LogP) is 0.195. The molecule has 1 fully saturated rings. The number of hydrogen-bond donors (Lipinski definition) is 2. The maximum Gasteiger partial charge on any atom is 0.329 e. The second kappa shape index (κ2) is 7.07. The number of piperidine rings is 1. The summed E-state index contributed by atoms with van der Waals surface area (Å²) in [5.74, 6) is -0.966. The van der Waals surface area contributed by atoms with Gasteiger partial charge in [0.25, 0.3) is 0 Å². The van der Waals surface area contributed by atoms with Crippen molar-refractivity contribution in [1.82, 2.24) is 20.0 Å². The third-order valence-corrected chi connectivity index (χ3v) is 3.37. The van der Waals surface area contributed by atoms with Gasteiger partial charge in [0.05, 0.1) is 12.3 Å². The molecule has 2 amide bonds. The molecule has 116 valence electrons. The zero-order chi connectivity index (χ0) is 15.2. The highest BCUT2D eigenvalue weighted by Gasteiger charge is 2.23. The van der Waals surface area contributed by atoms with Crippen molar-refractivity contribution in [3.63, 3.8) is 0 Å². The molecule has 1 aromatic rings. The number of amides is 2. The monoisotopic (exact) mass is 296 g/mol. The minimum absolute atomic E-state index is 0.0801. The third kappa shape index (κ3) is 4.75. The van der Waals surface area contributed by atoms with Gasteiger partial charge in [0.15, 0.2) is 0 Å². The van der Waals surface area contributed by atoms with E-state index < -0.39 is 5.97 Å². The summed E-state index contributed by atoms with van der Waals surface area (Å²) >= 11 is 0. The second-order valence-corrected chi connectivity index (χ2v) is 5.07. The molecular weight excluding hydrogens is 276 g/mol. The number of aromatic nitrogens is 2. The van der Waals surface area contributed by atoms with E-state index in [2.05, 4.69) is 10.4 Å². The van der Waals surface area contributed by atoms with Crippen molar-refractivity contribution in [2.75, 3.05) is 19.7 Å². The molecule has 1 aromatic heterocycles. The number of rotatable bonds is 5. The lowest BCUT2D eigenvalue weighted by Crippen LogP contribution is -2.45. The Morgan fingerprint density at radius 3 is 2.76 bits per heavy atom. The van der Waals surface area contributed by atoms with Crippen molar-refractivity contribution >= 4 is 12.0 Å². The number of aliphatic carboxylic acids is 1. The number of carboxylic acid groups (broad SMARTS) is 1. The zero-order valence-electron chi connectivity index (χ0n) is 12.0. The summed E-state index contributed by atoms with van der Waals surface area (Å²) in [5, 5.41) is 15.4. The molecule has 2 rings (SSSR count). The van der Waals surface area contributed by atoms with Gasteiger partial charge in [-0.15, -0.1) is 0 Å². The predicted molar refractivity (Wildman–Crippen MR) is 73.6 cm³/mol. The lowest BCUT2D eigenvalue weighted by Gasteiger charge is -2.31. The van der Waals surface area contributed by atoms with Crippen molar-refractivity contribution in [2.45, 2.75) is 25.5 Å². The van der Waals surface area contributed by atoms with E-state index in [0.717, 1.165) is 5.56 Å². The SMILES string of the molecule is Cn1cc(CNC(=O)N2CCC(OCC(=O)O)CC2)cn1. The first-order chi connectivity index (χ1) is 10.0.